The fourth-order valence-electron chi connectivity index (χ4n) is 1.64. The molecule has 0 aliphatic rings. The molecule has 0 atom stereocenters. The number of para-hydroxylation sites is 1. The Balaban J connectivity index is 2.22. The molecule has 102 valence electrons. The van der Waals surface area contributed by atoms with E-state index in [1.165, 1.54) is 22.9 Å². The lowest BCUT2D eigenvalue weighted by atomic mass is 10.1. The van der Waals surface area contributed by atoms with Gasteiger partial charge in [0.25, 0.3) is 0 Å². The summed E-state index contributed by atoms with van der Waals surface area (Å²) in [5.74, 6) is -1.25. The van der Waals surface area contributed by atoms with Crippen molar-refractivity contribution in [2.24, 2.45) is 0 Å². The molecular weight excluding hydrogens is 248 g/mol. The van der Waals surface area contributed by atoms with Crippen LogP contribution < -0.4 is 5.32 Å². The third kappa shape index (κ3) is 3.38. The van der Waals surface area contributed by atoms with E-state index < -0.39 is 11.6 Å². The zero-order valence-electron chi connectivity index (χ0n) is 11.2. The van der Waals surface area contributed by atoms with Crippen molar-refractivity contribution in [1.82, 2.24) is 15.1 Å². The average molecular weight is 265 g/mol. The predicted molar refractivity (Wildman–Crippen MR) is 70.1 cm³/mol. The minimum Gasteiger partial charge on any atom is -0.306 e. The molecule has 1 aromatic heterocycles. The van der Waals surface area contributed by atoms with Gasteiger partial charge in [0, 0.05) is 18.3 Å². The van der Waals surface area contributed by atoms with E-state index in [1.54, 1.807) is 12.3 Å². The molecule has 0 aliphatic carbocycles. The number of benzene rings is 1. The maximum atomic E-state index is 13.6. The van der Waals surface area contributed by atoms with Crippen molar-refractivity contribution in [3.8, 4) is 5.69 Å². The highest BCUT2D eigenvalue weighted by molar-refractivity contribution is 5.34. The third-order valence-electron chi connectivity index (χ3n) is 2.61. The van der Waals surface area contributed by atoms with Gasteiger partial charge in [-0.15, -0.1) is 0 Å². The first-order valence-electron chi connectivity index (χ1n) is 6.11. The first-order chi connectivity index (χ1) is 8.87. The zero-order valence-corrected chi connectivity index (χ0v) is 11.2. The summed E-state index contributed by atoms with van der Waals surface area (Å²) in [7, 11) is 0. The van der Waals surface area contributed by atoms with Crippen LogP contribution in [0.1, 0.15) is 26.5 Å². The van der Waals surface area contributed by atoms with Gasteiger partial charge in [-0.3, -0.25) is 0 Å². The molecular formula is C14H17F2N3. The lowest BCUT2D eigenvalue weighted by molar-refractivity contribution is 0.420. The summed E-state index contributed by atoms with van der Waals surface area (Å²) < 4.78 is 28.4. The minimum atomic E-state index is -0.626. The molecule has 0 spiro atoms. The van der Waals surface area contributed by atoms with E-state index in [0.29, 0.717) is 6.54 Å². The number of halogens is 2. The largest absolute Gasteiger partial charge is 0.306 e. The summed E-state index contributed by atoms with van der Waals surface area (Å²) in [6.45, 7) is 6.67. The van der Waals surface area contributed by atoms with Gasteiger partial charge in [-0.05, 0) is 39.0 Å². The normalized spacial score (nSPS) is 11.8. The molecule has 1 N–H and O–H groups in total. The maximum Gasteiger partial charge on any atom is 0.151 e. The summed E-state index contributed by atoms with van der Waals surface area (Å²) in [5, 5.41) is 7.45. The maximum absolute atomic E-state index is 13.6. The van der Waals surface area contributed by atoms with Gasteiger partial charge in [0.2, 0.25) is 0 Å². The van der Waals surface area contributed by atoms with Crippen molar-refractivity contribution in [2.45, 2.75) is 32.9 Å². The summed E-state index contributed by atoms with van der Waals surface area (Å²) in [5.41, 5.74) is 0.551. The Morgan fingerprint density at radius 1 is 1.16 bits per heavy atom. The fourth-order valence-corrected chi connectivity index (χ4v) is 1.64. The Hall–Kier alpha value is -1.75. The van der Waals surface area contributed by atoms with Gasteiger partial charge in [0.1, 0.15) is 5.69 Å². The topological polar surface area (TPSA) is 29.9 Å². The molecule has 0 bridgehead atoms. The molecule has 1 aromatic carbocycles. The molecule has 5 heteroatoms. The molecule has 0 saturated heterocycles. The van der Waals surface area contributed by atoms with Gasteiger partial charge in [-0.1, -0.05) is 6.07 Å². The fraction of sp³-hybridized carbons (Fsp3) is 0.357. The van der Waals surface area contributed by atoms with Gasteiger partial charge < -0.3 is 5.32 Å². The van der Waals surface area contributed by atoms with E-state index in [2.05, 4.69) is 10.4 Å². The summed E-state index contributed by atoms with van der Waals surface area (Å²) >= 11 is 0. The molecule has 0 fully saturated rings. The van der Waals surface area contributed by atoms with Crippen molar-refractivity contribution >= 4 is 0 Å². The van der Waals surface area contributed by atoms with Crippen molar-refractivity contribution in [3.63, 3.8) is 0 Å². The number of hydrogen-bond donors (Lipinski definition) is 1. The first kappa shape index (κ1) is 13.7. The van der Waals surface area contributed by atoms with E-state index in [-0.39, 0.29) is 11.2 Å². The Kier molecular flexibility index (Phi) is 3.66. The van der Waals surface area contributed by atoms with Gasteiger partial charge in [-0.25, -0.2) is 13.5 Å². The second-order valence-corrected chi connectivity index (χ2v) is 5.43. The van der Waals surface area contributed by atoms with E-state index >= 15 is 0 Å². The molecule has 1 heterocycles. The Labute approximate surface area is 111 Å². The van der Waals surface area contributed by atoms with Crippen LogP contribution >= 0.6 is 0 Å². The van der Waals surface area contributed by atoms with Crippen LogP contribution in [0.15, 0.2) is 30.5 Å². The molecule has 0 radical (unpaired) electrons. The zero-order chi connectivity index (χ0) is 14.0. The molecule has 0 saturated carbocycles. The lowest BCUT2D eigenvalue weighted by Crippen LogP contribution is -2.35. The van der Waals surface area contributed by atoms with Crippen LogP contribution in [0, 0.1) is 11.6 Å². The average Bonchev–Trinajstić information content (AvgIpc) is 2.74. The SMILES string of the molecule is CC(C)(C)NCc1ccn(-c2c(F)cccc2F)n1. The van der Waals surface area contributed by atoms with Crippen molar-refractivity contribution in [1.29, 1.82) is 0 Å². The predicted octanol–water partition coefficient (Wildman–Crippen LogP) is 3.04. The molecule has 2 aromatic rings. The first-order valence-corrected chi connectivity index (χ1v) is 6.11. The van der Waals surface area contributed by atoms with E-state index in [0.717, 1.165) is 5.69 Å². The molecule has 0 amide bonds. The van der Waals surface area contributed by atoms with Crippen LogP contribution in [0.4, 0.5) is 8.78 Å². The van der Waals surface area contributed by atoms with Crippen molar-refractivity contribution in [2.75, 3.05) is 0 Å². The smallest absolute Gasteiger partial charge is 0.151 e. The standard InChI is InChI=1S/C14H17F2N3/c1-14(2,3)17-9-10-7-8-19(18-10)13-11(15)5-4-6-12(13)16/h4-8,17H,9H2,1-3H3. The summed E-state index contributed by atoms with van der Waals surface area (Å²) in [4.78, 5) is 0. The number of aromatic nitrogens is 2. The van der Waals surface area contributed by atoms with Gasteiger partial charge in [0.05, 0.1) is 5.69 Å². The highest BCUT2D eigenvalue weighted by Gasteiger charge is 2.13. The van der Waals surface area contributed by atoms with Crippen LogP contribution in [0.5, 0.6) is 0 Å². The molecule has 0 unspecified atom stereocenters. The van der Waals surface area contributed by atoms with Crippen molar-refractivity contribution in [3.05, 3.63) is 47.8 Å². The lowest BCUT2D eigenvalue weighted by Gasteiger charge is -2.19. The molecule has 3 nitrogen and oxygen atoms in total. The third-order valence-corrected chi connectivity index (χ3v) is 2.61. The second-order valence-electron chi connectivity index (χ2n) is 5.43. The summed E-state index contributed by atoms with van der Waals surface area (Å²) in [6.07, 6.45) is 1.56. The van der Waals surface area contributed by atoms with Gasteiger partial charge in [-0.2, -0.15) is 5.10 Å². The van der Waals surface area contributed by atoms with Crippen molar-refractivity contribution < 1.29 is 8.78 Å². The number of rotatable bonds is 3. The van der Waals surface area contributed by atoms with E-state index in [4.69, 9.17) is 0 Å². The van der Waals surface area contributed by atoms with E-state index in [1.807, 2.05) is 20.8 Å². The quantitative estimate of drug-likeness (QED) is 0.924. The highest BCUT2D eigenvalue weighted by Crippen LogP contribution is 2.17. The van der Waals surface area contributed by atoms with Gasteiger partial charge >= 0.3 is 0 Å². The second kappa shape index (κ2) is 5.09. The molecule has 2 rings (SSSR count). The van der Waals surface area contributed by atoms with Crippen LogP contribution in [0.2, 0.25) is 0 Å². The monoisotopic (exact) mass is 265 g/mol. The highest BCUT2D eigenvalue weighted by atomic mass is 19.1. The van der Waals surface area contributed by atoms with Crippen LogP contribution in [-0.2, 0) is 6.54 Å². The Morgan fingerprint density at radius 3 is 2.37 bits per heavy atom. The van der Waals surface area contributed by atoms with Crippen LogP contribution in [0.3, 0.4) is 0 Å². The Morgan fingerprint density at radius 2 is 1.79 bits per heavy atom. The van der Waals surface area contributed by atoms with Gasteiger partial charge in [0.15, 0.2) is 11.6 Å². The Bertz CT molecular complexity index is 550. The molecule has 0 aliphatic heterocycles. The number of nitrogens with one attached hydrogen (secondary N) is 1. The van der Waals surface area contributed by atoms with Crippen LogP contribution in [0.25, 0.3) is 5.69 Å². The number of hydrogen-bond acceptors (Lipinski definition) is 2. The van der Waals surface area contributed by atoms with Crippen LogP contribution in [-0.4, -0.2) is 15.3 Å². The number of nitrogens with zero attached hydrogens (tertiary/aromatic N) is 2. The molecule has 19 heavy (non-hydrogen) atoms. The summed E-state index contributed by atoms with van der Waals surface area (Å²) in [6, 6.07) is 5.50. The minimum absolute atomic E-state index is 0.0347. The van der Waals surface area contributed by atoms with E-state index in [9.17, 15) is 8.78 Å².